The van der Waals surface area contributed by atoms with Gasteiger partial charge in [0, 0.05) is 11.4 Å². The maximum absolute atomic E-state index is 12.6. The molecule has 0 aromatic heterocycles. The summed E-state index contributed by atoms with van der Waals surface area (Å²) in [4.78, 5) is 24.5. The van der Waals surface area contributed by atoms with Gasteiger partial charge in [0.05, 0.1) is 5.92 Å². The molecule has 2 fully saturated rings. The minimum atomic E-state index is -0.304. The van der Waals surface area contributed by atoms with Crippen LogP contribution in [0.15, 0.2) is 24.3 Å². The van der Waals surface area contributed by atoms with E-state index in [-0.39, 0.29) is 23.1 Å². The maximum atomic E-state index is 12.6. The molecule has 112 valence electrons. The fourth-order valence-electron chi connectivity index (χ4n) is 4.03. The van der Waals surface area contributed by atoms with Crippen LogP contribution >= 0.6 is 11.6 Å². The highest BCUT2D eigenvalue weighted by molar-refractivity contribution is 6.31. The number of halogens is 1. The van der Waals surface area contributed by atoms with Crippen molar-refractivity contribution < 1.29 is 9.59 Å². The first-order valence-corrected chi connectivity index (χ1v) is 8.08. The summed E-state index contributed by atoms with van der Waals surface area (Å²) in [6, 6.07) is 7.53. The molecule has 1 aromatic carbocycles. The normalized spacial score (nSPS) is 25.5. The average Bonchev–Trinajstić information content (AvgIpc) is 2.66. The second-order valence-corrected chi connectivity index (χ2v) is 6.73. The molecule has 2 amide bonds. The number of hydrogen-bond donors (Lipinski definition) is 1. The van der Waals surface area contributed by atoms with Gasteiger partial charge in [-0.3, -0.25) is 14.9 Å². The third-order valence-electron chi connectivity index (χ3n) is 4.97. The molecule has 1 spiro atoms. The van der Waals surface area contributed by atoms with Crippen molar-refractivity contribution in [3.8, 4) is 0 Å². The lowest BCUT2D eigenvalue weighted by Gasteiger charge is -2.42. The quantitative estimate of drug-likeness (QED) is 0.802. The van der Waals surface area contributed by atoms with Crippen LogP contribution in [0.3, 0.4) is 0 Å². The summed E-state index contributed by atoms with van der Waals surface area (Å²) in [5, 5.41) is 3.13. The Labute approximate surface area is 130 Å². The van der Waals surface area contributed by atoms with Crippen LogP contribution in [-0.4, -0.2) is 11.8 Å². The van der Waals surface area contributed by atoms with Gasteiger partial charge in [-0.15, -0.1) is 0 Å². The van der Waals surface area contributed by atoms with E-state index in [1.807, 2.05) is 24.3 Å². The maximum Gasteiger partial charge on any atom is 0.234 e. The van der Waals surface area contributed by atoms with Gasteiger partial charge in [-0.05, 0) is 29.9 Å². The molecule has 1 saturated carbocycles. The number of amides is 2. The van der Waals surface area contributed by atoms with Crippen molar-refractivity contribution in [1.29, 1.82) is 0 Å². The number of rotatable bonds is 1. The van der Waals surface area contributed by atoms with Crippen LogP contribution in [0.2, 0.25) is 5.02 Å². The third kappa shape index (κ3) is 2.71. The molecular formula is C17H20ClNO2. The Morgan fingerprint density at radius 3 is 2.38 bits per heavy atom. The molecule has 0 radical (unpaired) electrons. The standard InChI is InChI=1S/C17H20ClNO2/c18-13-8-4-3-7-12(13)15-16(21)19-14(20)11-17(15)9-5-1-2-6-10-17/h3-4,7-8,15H,1-2,5-6,9-11H2,(H,19,20,21). The van der Waals surface area contributed by atoms with Gasteiger partial charge in [-0.2, -0.15) is 0 Å². The summed E-state index contributed by atoms with van der Waals surface area (Å²) >= 11 is 6.34. The first kappa shape index (κ1) is 14.6. The average molecular weight is 306 g/mol. The van der Waals surface area contributed by atoms with Crippen molar-refractivity contribution in [3.05, 3.63) is 34.9 Å². The lowest BCUT2D eigenvalue weighted by Crippen LogP contribution is -2.50. The van der Waals surface area contributed by atoms with Crippen LogP contribution in [-0.2, 0) is 9.59 Å². The lowest BCUT2D eigenvalue weighted by molar-refractivity contribution is -0.140. The van der Waals surface area contributed by atoms with Crippen LogP contribution in [0.5, 0.6) is 0 Å². The zero-order valence-electron chi connectivity index (χ0n) is 12.0. The number of carbonyl (C=O) groups excluding carboxylic acids is 2. The summed E-state index contributed by atoms with van der Waals surface area (Å²) in [7, 11) is 0. The molecule has 21 heavy (non-hydrogen) atoms. The van der Waals surface area contributed by atoms with Gasteiger partial charge in [0.1, 0.15) is 0 Å². The molecule has 1 aliphatic heterocycles. The van der Waals surface area contributed by atoms with Crippen LogP contribution in [0.4, 0.5) is 0 Å². The van der Waals surface area contributed by atoms with Crippen molar-refractivity contribution in [2.24, 2.45) is 5.41 Å². The smallest absolute Gasteiger partial charge is 0.234 e. The molecule has 1 aliphatic carbocycles. The number of carbonyl (C=O) groups is 2. The van der Waals surface area contributed by atoms with Crippen LogP contribution in [0, 0.1) is 5.41 Å². The largest absolute Gasteiger partial charge is 0.296 e. The van der Waals surface area contributed by atoms with Gasteiger partial charge >= 0.3 is 0 Å². The zero-order valence-corrected chi connectivity index (χ0v) is 12.8. The Morgan fingerprint density at radius 1 is 1.05 bits per heavy atom. The van der Waals surface area contributed by atoms with Crippen LogP contribution in [0.1, 0.15) is 56.4 Å². The molecule has 3 nitrogen and oxygen atoms in total. The van der Waals surface area contributed by atoms with Crippen molar-refractivity contribution in [2.45, 2.75) is 50.9 Å². The predicted octanol–water partition coefficient (Wildman–Crippen LogP) is 3.81. The first-order valence-electron chi connectivity index (χ1n) is 7.70. The van der Waals surface area contributed by atoms with E-state index in [1.165, 1.54) is 12.8 Å². The number of benzene rings is 1. The van der Waals surface area contributed by atoms with Crippen molar-refractivity contribution in [2.75, 3.05) is 0 Å². The van der Waals surface area contributed by atoms with Gasteiger partial charge in [-0.25, -0.2) is 0 Å². The SMILES string of the molecule is O=C1CC2(CCCCCC2)C(c2ccccc2Cl)C(=O)N1. The number of piperidine rings is 1. The van der Waals surface area contributed by atoms with E-state index < -0.39 is 0 Å². The van der Waals surface area contributed by atoms with E-state index in [0.29, 0.717) is 11.4 Å². The molecule has 1 saturated heterocycles. The van der Waals surface area contributed by atoms with Gasteiger partial charge in [0.2, 0.25) is 11.8 Å². The molecule has 1 heterocycles. The zero-order chi connectivity index (χ0) is 14.9. The monoisotopic (exact) mass is 305 g/mol. The van der Waals surface area contributed by atoms with Crippen molar-refractivity contribution >= 4 is 23.4 Å². The molecule has 1 aromatic rings. The van der Waals surface area contributed by atoms with Crippen molar-refractivity contribution in [1.82, 2.24) is 5.32 Å². The molecule has 0 bridgehead atoms. The Hall–Kier alpha value is -1.35. The van der Waals surface area contributed by atoms with Gasteiger partial charge in [0.25, 0.3) is 0 Å². The molecule has 1 unspecified atom stereocenters. The van der Waals surface area contributed by atoms with Gasteiger partial charge in [0.15, 0.2) is 0 Å². The molecule has 1 N–H and O–H groups in total. The third-order valence-corrected chi connectivity index (χ3v) is 5.31. The van der Waals surface area contributed by atoms with Gasteiger partial charge < -0.3 is 0 Å². The summed E-state index contributed by atoms with van der Waals surface area (Å²) < 4.78 is 0. The lowest BCUT2D eigenvalue weighted by atomic mass is 9.63. The predicted molar refractivity (Wildman–Crippen MR) is 82.1 cm³/mol. The Kier molecular flexibility index (Phi) is 4.03. The minimum Gasteiger partial charge on any atom is -0.296 e. The van der Waals surface area contributed by atoms with E-state index in [1.54, 1.807) is 0 Å². The van der Waals surface area contributed by atoms with E-state index in [2.05, 4.69) is 5.32 Å². The molecule has 3 rings (SSSR count). The summed E-state index contributed by atoms with van der Waals surface area (Å²) in [6.07, 6.45) is 6.85. The van der Waals surface area contributed by atoms with E-state index >= 15 is 0 Å². The Balaban J connectivity index is 2.06. The Bertz CT molecular complexity index is 562. The Morgan fingerprint density at radius 2 is 1.71 bits per heavy atom. The minimum absolute atomic E-state index is 0.134. The molecule has 4 heteroatoms. The van der Waals surface area contributed by atoms with Crippen molar-refractivity contribution in [3.63, 3.8) is 0 Å². The molecule has 1 atom stereocenters. The second-order valence-electron chi connectivity index (χ2n) is 6.32. The summed E-state index contributed by atoms with van der Waals surface area (Å²) in [6.45, 7) is 0. The van der Waals surface area contributed by atoms with E-state index in [4.69, 9.17) is 11.6 Å². The number of hydrogen-bond acceptors (Lipinski definition) is 2. The second kappa shape index (κ2) is 5.80. The highest BCUT2D eigenvalue weighted by Gasteiger charge is 2.49. The fourth-order valence-corrected chi connectivity index (χ4v) is 4.28. The first-order chi connectivity index (χ1) is 10.1. The summed E-state index contributed by atoms with van der Waals surface area (Å²) in [5.41, 5.74) is 0.618. The topological polar surface area (TPSA) is 46.2 Å². The fraction of sp³-hybridized carbons (Fsp3) is 0.529. The van der Waals surface area contributed by atoms with E-state index in [9.17, 15) is 9.59 Å². The molecular weight excluding hydrogens is 286 g/mol. The van der Waals surface area contributed by atoms with Crippen LogP contribution < -0.4 is 5.32 Å². The highest BCUT2D eigenvalue weighted by atomic mass is 35.5. The van der Waals surface area contributed by atoms with E-state index in [0.717, 1.165) is 31.2 Å². The number of nitrogens with one attached hydrogen (secondary N) is 1. The summed E-state index contributed by atoms with van der Waals surface area (Å²) in [5.74, 6) is -0.617. The van der Waals surface area contributed by atoms with Crippen LogP contribution in [0.25, 0.3) is 0 Å². The number of imide groups is 1. The highest BCUT2D eigenvalue weighted by Crippen LogP contribution is 2.51. The molecule has 2 aliphatic rings. The van der Waals surface area contributed by atoms with Gasteiger partial charge in [-0.1, -0.05) is 55.5 Å².